The Morgan fingerprint density at radius 2 is 2.10 bits per heavy atom. The van der Waals surface area contributed by atoms with Crippen molar-refractivity contribution in [1.82, 2.24) is 15.0 Å². The summed E-state index contributed by atoms with van der Waals surface area (Å²) < 4.78 is 11.5. The van der Waals surface area contributed by atoms with E-state index in [4.69, 9.17) is 9.47 Å². The summed E-state index contributed by atoms with van der Waals surface area (Å²) in [5.74, 6) is 0.787. The predicted octanol–water partition coefficient (Wildman–Crippen LogP) is 3.28. The maximum absolute atomic E-state index is 12.9. The molecule has 1 aliphatic rings. The molecule has 0 aliphatic carbocycles. The van der Waals surface area contributed by atoms with Crippen molar-refractivity contribution in [2.75, 3.05) is 31.8 Å². The fourth-order valence-corrected chi connectivity index (χ4v) is 4.62. The van der Waals surface area contributed by atoms with Gasteiger partial charge in [0.2, 0.25) is 5.88 Å². The van der Waals surface area contributed by atoms with E-state index < -0.39 is 0 Å². The first-order valence-corrected chi connectivity index (χ1v) is 10.6. The van der Waals surface area contributed by atoms with Crippen molar-refractivity contribution in [3.8, 4) is 5.88 Å². The maximum Gasteiger partial charge on any atom is 0.236 e. The van der Waals surface area contributed by atoms with Crippen molar-refractivity contribution in [1.29, 1.82) is 0 Å². The number of aryl methyl sites for hydroxylation is 1. The van der Waals surface area contributed by atoms with Crippen LogP contribution >= 0.6 is 11.3 Å². The van der Waals surface area contributed by atoms with Crippen LogP contribution in [0.25, 0.3) is 10.3 Å². The number of benzene rings is 1. The molecule has 1 fully saturated rings. The molecular weight excluding hydrogens is 388 g/mol. The smallest absolute Gasteiger partial charge is 0.236 e. The van der Waals surface area contributed by atoms with Gasteiger partial charge in [0, 0.05) is 20.1 Å². The third-order valence-corrected chi connectivity index (χ3v) is 6.12. The van der Waals surface area contributed by atoms with Gasteiger partial charge in [0.1, 0.15) is 17.6 Å². The van der Waals surface area contributed by atoms with Crippen LogP contribution in [0.3, 0.4) is 0 Å². The van der Waals surface area contributed by atoms with Crippen molar-refractivity contribution in [3.63, 3.8) is 0 Å². The number of fused-ring (bicyclic) bond motifs is 1. The Labute approximate surface area is 173 Å². The van der Waals surface area contributed by atoms with Crippen LogP contribution in [0.1, 0.15) is 24.8 Å². The molecule has 152 valence electrons. The zero-order chi connectivity index (χ0) is 20.1. The second kappa shape index (κ2) is 9.28. The molecule has 0 radical (unpaired) electrons. The number of carbonyl (C=O) groups excluding carboxylic acids is 1. The Bertz CT molecular complexity index is 963. The summed E-state index contributed by atoms with van der Waals surface area (Å²) in [7, 11) is 1.63. The number of methoxy groups -OCH3 is 1. The van der Waals surface area contributed by atoms with Gasteiger partial charge in [-0.15, -0.1) is 0 Å². The Morgan fingerprint density at radius 1 is 1.24 bits per heavy atom. The number of thiazole rings is 1. The van der Waals surface area contributed by atoms with Crippen LogP contribution in [0, 0.1) is 0 Å². The molecule has 0 unspecified atom stereocenters. The first-order chi connectivity index (χ1) is 14.3. The van der Waals surface area contributed by atoms with Gasteiger partial charge in [-0.05, 0) is 24.8 Å². The van der Waals surface area contributed by atoms with Crippen LogP contribution in [0.4, 0.5) is 5.13 Å². The lowest BCUT2D eigenvalue weighted by atomic mass is 10.0. The van der Waals surface area contributed by atoms with Crippen LogP contribution < -0.4 is 9.64 Å². The maximum atomic E-state index is 12.9. The summed E-state index contributed by atoms with van der Waals surface area (Å²) in [5.41, 5.74) is 1.80. The van der Waals surface area contributed by atoms with Crippen molar-refractivity contribution >= 4 is 32.6 Å². The zero-order valence-electron chi connectivity index (χ0n) is 16.4. The van der Waals surface area contributed by atoms with Crippen molar-refractivity contribution in [2.45, 2.75) is 31.7 Å². The number of Topliss-reactive ketones (excluding diaryl/α,β-unsaturated/α-hetero) is 1. The summed E-state index contributed by atoms with van der Waals surface area (Å²) >= 11 is 1.49. The molecule has 29 heavy (non-hydrogen) atoms. The van der Waals surface area contributed by atoms with E-state index in [1.165, 1.54) is 23.2 Å². The first kappa shape index (κ1) is 19.7. The number of carbonyl (C=O) groups is 1. The van der Waals surface area contributed by atoms with Gasteiger partial charge in [0.15, 0.2) is 16.6 Å². The molecule has 3 aromatic rings. The van der Waals surface area contributed by atoms with E-state index in [1.54, 1.807) is 7.11 Å². The number of hydrogen-bond acceptors (Lipinski definition) is 8. The van der Waals surface area contributed by atoms with Crippen LogP contribution in [-0.4, -0.2) is 53.6 Å². The van der Waals surface area contributed by atoms with Gasteiger partial charge < -0.3 is 14.4 Å². The molecule has 7 nitrogen and oxygen atoms in total. The van der Waals surface area contributed by atoms with Crippen LogP contribution in [0.5, 0.6) is 5.88 Å². The zero-order valence-corrected chi connectivity index (χ0v) is 17.2. The largest absolute Gasteiger partial charge is 0.474 e. The normalized spacial score (nSPS) is 16.4. The molecular formula is C21H24N4O3S. The second-order valence-corrected chi connectivity index (χ2v) is 7.95. The molecule has 4 rings (SSSR count). The summed E-state index contributed by atoms with van der Waals surface area (Å²) in [4.78, 5) is 28.2. The van der Waals surface area contributed by atoms with Gasteiger partial charge in [0.25, 0.3) is 0 Å². The number of rotatable bonds is 9. The number of ether oxygens (including phenoxy) is 2. The molecule has 8 heteroatoms. The van der Waals surface area contributed by atoms with E-state index in [0.29, 0.717) is 31.2 Å². The summed E-state index contributed by atoms with van der Waals surface area (Å²) in [6.07, 6.45) is 4.63. The number of anilines is 1. The molecule has 3 heterocycles. The minimum atomic E-state index is -0.120. The molecule has 1 saturated heterocycles. The van der Waals surface area contributed by atoms with E-state index in [1.807, 2.05) is 18.2 Å². The van der Waals surface area contributed by atoms with Gasteiger partial charge in [-0.25, -0.2) is 9.97 Å². The third-order valence-electron chi connectivity index (χ3n) is 5.05. The standard InChI is InChI=1S/C21H24N4O3S/c1-27-12-13-28-20-18-19(22-14-23-20)24-21(29-18)25-11-5-8-16(25)17(26)10-9-15-6-3-2-4-7-15/h2-4,6-7,14,16H,5,8-13H2,1H3/t16-/m1/s1. The highest BCUT2D eigenvalue weighted by molar-refractivity contribution is 7.22. The summed E-state index contributed by atoms with van der Waals surface area (Å²) in [5, 5.41) is 0.813. The van der Waals surface area contributed by atoms with E-state index in [2.05, 4.69) is 32.0 Å². The fraction of sp³-hybridized carbons (Fsp3) is 0.429. The van der Waals surface area contributed by atoms with E-state index >= 15 is 0 Å². The van der Waals surface area contributed by atoms with Crippen LogP contribution in [-0.2, 0) is 16.0 Å². The molecule has 0 N–H and O–H groups in total. The molecule has 1 atom stereocenters. The fourth-order valence-electron chi connectivity index (χ4n) is 3.58. The Hall–Kier alpha value is -2.58. The first-order valence-electron chi connectivity index (χ1n) is 9.83. The summed E-state index contributed by atoms with van der Waals surface area (Å²) in [6, 6.07) is 10.0. The van der Waals surface area contributed by atoms with Gasteiger partial charge in [0.05, 0.1) is 12.6 Å². The minimum Gasteiger partial charge on any atom is -0.474 e. The SMILES string of the molecule is COCCOc1ncnc2nc(N3CCC[C@@H]3C(=O)CCc3ccccc3)sc12. The van der Waals surface area contributed by atoms with E-state index in [0.717, 1.165) is 35.6 Å². The molecule has 0 spiro atoms. The van der Waals surface area contributed by atoms with Gasteiger partial charge >= 0.3 is 0 Å². The van der Waals surface area contributed by atoms with Crippen molar-refractivity contribution < 1.29 is 14.3 Å². The lowest BCUT2D eigenvalue weighted by Crippen LogP contribution is -2.36. The quantitative estimate of drug-likeness (QED) is 0.499. The molecule has 1 aliphatic heterocycles. The highest BCUT2D eigenvalue weighted by atomic mass is 32.1. The van der Waals surface area contributed by atoms with Crippen LogP contribution in [0.2, 0.25) is 0 Å². The topological polar surface area (TPSA) is 77.4 Å². The predicted molar refractivity (Wildman–Crippen MR) is 113 cm³/mol. The van der Waals surface area contributed by atoms with E-state index in [9.17, 15) is 4.79 Å². The lowest BCUT2D eigenvalue weighted by molar-refractivity contribution is -0.120. The molecule has 2 aromatic heterocycles. The average Bonchev–Trinajstić information content (AvgIpc) is 3.40. The number of hydrogen-bond donors (Lipinski definition) is 0. The highest BCUT2D eigenvalue weighted by Gasteiger charge is 2.32. The number of ketones is 1. The third kappa shape index (κ3) is 4.54. The second-order valence-electron chi connectivity index (χ2n) is 6.97. The highest BCUT2D eigenvalue weighted by Crippen LogP contribution is 2.36. The van der Waals surface area contributed by atoms with E-state index in [-0.39, 0.29) is 11.8 Å². The monoisotopic (exact) mass is 412 g/mol. The molecule has 0 amide bonds. The molecule has 0 saturated carbocycles. The van der Waals surface area contributed by atoms with Gasteiger partial charge in [-0.1, -0.05) is 41.7 Å². The Kier molecular flexibility index (Phi) is 6.31. The molecule has 1 aromatic carbocycles. The van der Waals surface area contributed by atoms with Gasteiger partial charge in [-0.2, -0.15) is 4.98 Å². The number of nitrogens with zero attached hydrogens (tertiary/aromatic N) is 4. The summed E-state index contributed by atoms with van der Waals surface area (Å²) in [6.45, 7) is 1.73. The van der Waals surface area contributed by atoms with Crippen molar-refractivity contribution in [2.24, 2.45) is 0 Å². The minimum absolute atomic E-state index is 0.120. The lowest BCUT2D eigenvalue weighted by Gasteiger charge is -2.22. The molecule has 0 bridgehead atoms. The Morgan fingerprint density at radius 3 is 2.93 bits per heavy atom. The number of aromatic nitrogens is 3. The van der Waals surface area contributed by atoms with Gasteiger partial charge in [-0.3, -0.25) is 4.79 Å². The van der Waals surface area contributed by atoms with Crippen LogP contribution in [0.15, 0.2) is 36.7 Å². The average molecular weight is 413 g/mol. The van der Waals surface area contributed by atoms with Crippen molar-refractivity contribution in [3.05, 3.63) is 42.2 Å². The Balaban J connectivity index is 1.48.